The SMILES string of the molecule is CC(C)C[C@H](NC(=O)OC(C)(C)C)C(=O)N1CCCC1C(=O)N[C@@H](Cc1ccccn1)c1ccccc1. The maximum Gasteiger partial charge on any atom is 0.408 e. The first-order chi connectivity index (χ1) is 17.5. The molecule has 8 heteroatoms. The number of likely N-dealkylation sites (tertiary alicyclic amines) is 1. The van der Waals surface area contributed by atoms with Gasteiger partial charge in [-0.3, -0.25) is 14.6 Å². The number of pyridine rings is 1. The summed E-state index contributed by atoms with van der Waals surface area (Å²) in [5.74, 6) is -0.283. The van der Waals surface area contributed by atoms with E-state index < -0.39 is 23.8 Å². The van der Waals surface area contributed by atoms with E-state index in [-0.39, 0.29) is 23.8 Å². The number of aromatic nitrogens is 1. The number of hydrogen-bond acceptors (Lipinski definition) is 5. The van der Waals surface area contributed by atoms with E-state index in [4.69, 9.17) is 4.74 Å². The average Bonchev–Trinajstić information content (AvgIpc) is 3.33. The summed E-state index contributed by atoms with van der Waals surface area (Å²) < 4.78 is 5.39. The highest BCUT2D eigenvalue weighted by Gasteiger charge is 2.39. The molecule has 1 aliphatic rings. The first kappa shape index (κ1) is 28.2. The molecule has 3 atom stereocenters. The molecule has 1 unspecified atom stereocenters. The molecule has 0 aliphatic carbocycles. The van der Waals surface area contributed by atoms with Crippen molar-refractivity contribution < 1.29 is 19.1 Å². The molecule has 1 aromatic carbocycles. The molecule has 37 heavy (non-hydrogen) atoms. The number of benzene rings is 1. The van der Waals surface area contributed by atoms with Gasteiger partial charge in [0.25, 0.3) is 0 Å². The molecular weight excluding hydrogens is 468 g/mol. The van der Waals surface area contributed by atoms with Crippen molar-refractivity contribution in [2.24, 2.45) is 5.92 Å². The van der Waals surface area contributed by atoms with Crippen LogP contribution < -0.4 is 10.6 Å². The van der Waals surface area contributed by atoms with Crippen molar-refractivity contribution in [2.45, 2.75) is 84.0 Å². The number of amides is 3. The molecule has 8 nitrogen and oxygen atoms in total. The van der Waals surface area contributed by atoms with E-state index in [1.54, 1.807) is 31.9 Å². The molecule has 1 saturated heterocycles. The van der Waals surface area contributed by atoms with Gasteiger partial charge in [-0.2, -0.15) is 0 Å². The molecule has 3 rings (SSSR count). The van der Waals surface area contributed by atoms with Gasteiger partial charge < -0.3 is 20.3 Å². The summed E-state index contributed by atoms with van der Waals surface area (Å²) in [7, 11) is 0. The molecule has 0 spiro atoms. The van der Waals surface area contributed by atoms with Crippen LogP contribution in [0.1, 0.15) is 71.2 Å². The van der Waals surface area contributed by atoms with Gasteiger partial charge in [-0.05, 0) is 63.6 Å². The second kappa shape index (κ2) is 12.7. The first-order valence-electron chi connectivity index (χ1n) is 13.1. The predicted octanol–water partition coefficient (Wildman–Crippen LogP) is 4.41. The maximum absolute atomic E-state index is 13.6. The average molecular weight is 509 g/mol. The zero-order chi connectivity index (χ0) is 27.0. The summed E-state index contributed by atoms with van der Waals surface area (Å²) in [6.45, 7) is 9.79. The van der Waals surface area contributed by atoms with E-state index >= 15 is 0 Å². The Morgan fingerprint density at radius 1 is 1.05 bits per heavy atom. The molecule has 2 heterocycles. The second-order valence-corrected chi connectivity index (χ2v) is 11.0. The fourth-order valence-corrected chi connectivity index (χ4v) is 4.58. The Hall–Kier alpha value is -3.42. The third-order valence-electron chi connectivity index (χ3n) is 6.19. The van der Waals surface area contributed by atoms with E-state index in [1.807, 2.05) is 62.4 Å². The lowest BCUT2D eigenvalue weighted by Gasteiger charge is -2.31. The number of nitrogens with zero attached hydrogens (tertiary/aromatic N) is 2. The lowest BCUT2D eigenvalue weighted by Crippen LogP contribution is -2.54. The normalized spacial score (nSPS) is 17.2. The third kappa shape index (κ3) is 8.58. The van der Waals surface area contributed by atoms with Gasteiger partial charge in [0.05, 0.1) is 6.04 Å². The Labute approximate surface area is 220 Å². The van der Waals surface area contributed by atoms with E-state index in [0.29, 0.717) is 25.8 Å². The van der Waals surface area contributed by atoms with Gasteiger partial charge in [0.2, 0.25) is 11.8 Å². The Bertz CT molecular complexity index is 1040. The second-order valence-electron chi connectivity index (χ2n) is 11.0. The summed E-state index contributed by atoms with van der Waals surface area (Å²) in [4.78, 5) is 45.7. The van der Waals surface area contributed by atoms with Crippen LogP contribution in [0.3, 0.4) is 0 Å². The summed E-state index contributed by atoms with van der Waals surface area (Å²) in [5.41, 5.74) is 1.17. The van der Waals surface area contributed by atoms with Crippen LogP contribution in [0.4, 0.5) is 4.79 Å². The Morgan fingerprint density at radius 3 is 2.38 bits per heavy atom. The zero-order valence-electron chi connectivity index (χ0n) is 22.6. The Morgan fingerprint density at radius 2 is 1.76 bits per heavy atom. The molecule has 1 aliphatic heterocycles. The topological polar surface area (TPSA) is 101 Å². The number of alkyl carbamates (subject to hydrolysis) is 1. The number of carbonyl (C=O) groups is 3. The molecular formula is C29H40N4O4. The van der Waals surface area contributed by atoms with E-state index in [2.05, 4.69) is 15.6 Å². The van der Waals surface area contributed by atoms with Crippen molar-refractivity contribution in [3.8, 4) is 0 Å². The standard InChI is InChI=1S/C29H40N4O4/c1-20(2)18-24(32-28(36)37-29(3,4)5)27(35)33-17-11-15-25(33)26(34)31-23(21-12-7-6-8-13-21)19-22-14-9-10-16-30-22/h6-10,12-14,16,20,23-25H,11,15,17-19H2,1-5H3,(H,31,34)(H,32,36)/t23-,24-,25?/m0/s1. The molecule has 3 amide bonds. The maximum atomic E-state index is 13.6. The van der Waals surface area contributed by atoms with Gasteiger partial charge in [-0.25, -0.2) is 4.79 Å². The monoisotopic (exact) mass is 508 g/mol. The van der Waals surface area contributed by atoms with Crippen LogP contribution in [-0.4, -0.2) is 52.0 Å². The van der Waals surface area contributed by atoms with Crippen molar-refractivity contribution in [3.63, 3.8) is 0 Å². The molecule has 200 valence electrons. The van der Waals surface area contributed by atoms with Crippen LogP contribution in [0.15, 0.2) is 54.7 Å². The minimum Gasteiger partial charge on any atom is -0.444 e. The fourth-order valence-electron chi connectivity index (χ4n) is 4.58. The molecule has 2 N–H and O–H groups in total. The number of hydrogen-bond donors (Lipinski definition) is 2. The van der Waals surface area contributed by atoms with Gasteiger partial charge in [0.15, 0.2) is 0 Å². The van der Waals surface area contributed by atoms with Crippen LogP contribution in [0, 0.1) is 5.92 Å². The fraction of sp³-hybridized carbons (Fsp3) is 0.517. The quantitative estimate of drug-likeness (QED) is 0.523. The molecule has 1 fully saturated rings. The molecule has 0 saturated carbocycles. The lowest BCUT2D eigenvalue weighted by atomic mass is 10.0. The van der Waals surface area contributed by atoms with E-state index in [0.717, 1.165) is 17.7 Å². The van der Waals surface area contributed by atoms with Crippen LogP contribution in [0.5, 0.6) is 0 Å². The van der Waals surface area contributed by atoms with Gasteiger partial charge in [-0.15, -0.1) is 0 Å². The summed E-state index contributed by atoms with van der Waals surface area (Å²) in [6, 6.07) is 13.9. The highest BCUT2D eigenvalue weighted by atomic mass is 16.6. The first-order valence-corrected chi connectivity index (χ1v) is 13.1. The van der Waals surface area contributed by atoms with Crippen LogP contribution in [0.25, 0.3) is 0 Å². The van der Waals surface area contributed by atoms with E-state index in [1.165, 1.54) is 0 Å². The largest absolute Gasteiger partial charge is 0.444 e. The molecule has 0 radical (unpaired) electrons. The molecule has 0 bridgehead atoms. The highest BCUT2D eigenvalue weighted by molar-refractivity contribution is 5.92. The summed E-state index contributed by atoms with van der Waals surface area (Å²) in [5, 5.41) is 5.92. The minimum atomic E-state index is -0.762. The minimum absolute atomic E-state index is 0.166. The number of nitrogens with one attached hydrogen (secondary N) is 2. The molecule has 2 aromatic rings. The highest BCUT2D eigenvalue weighted by Crippen LogP contribution is 2.23. The van der Waals surface area contributed by atoms with Crippen molar-refractivity contribution in [3.05, 3.63) is 66.0 Å². The Balaban J connectivity index is 1.75. The molecule has 1 aromatic heterocycles. The number of rotatable bonds is 9. The van der Waals surface area contributed by atoms with Crippen molar-refractivity contribution in [2.75, 3.05) is 6.54 Å². The lowest BCUT2D eigenvalue weighted by molar-refractivity contribution is -0.140. The van der Waals surface area contributed by atoms with Crippen molar-refractivity contribution in [1.82, 2.24) is 20.5 Å². The Kier molecular flexibility index (Phi) is 9.66. The van der Waals surface area contributed by atoms with Gasteiger partial charge >= 0.3 is 6.09 Å². The number of carbonyl (C=O) groups excluding carboxylic acids is 3. The van der Waals surface area contributed by atoms with Gasteiger partial charge in [0.1, 0.15) is 17.7 Å². The van der Waals surface area contributed by atoms with Gasteiger partial charge in [-0.1, -0.05) is 50.2 Å². The summed E-state index contributed by atoms with van der Waals surface area (Å²) >= 11 is 0. The van der Waals surface area contributed by atoms with Crippen molar-refractivity contribution in [1.29, 1.82) is 0 Å². The zero-order valence-corrected chi connectivity index (χ0v) is 22.6. The summed E-state index contributed by atoms with van der Waals surface area (Å²) in [6.07, 6.45) is 3.39. The van der Waals surface area contributed by atoms with Crippen LogP contribution >= 0.6 is 0 Å². The van der Waals surface area contributed by atoms with Crippen LogP contribution in [0.2, 0.25) is 0 Å². The number of ether oxygens (including phenoxy) is 1. The van der Waals surface area contributed by atoms with Crippen molar-refractivity contribution >= 4 is 17.9 Å². The van der Waals surface area contributed by atoms with Gasteiger partial charge in [0, 0.05) is 24.9 Å². The van der Waals surface area contributed by atoms with Crippen LogP contribution in [-0.2, 0) is 20.7 Å². The smallest absolute Gasteiger partial charge is 0.408 e. The predicted molar refractivity (Wildman–Crippen MR) is 143 cm³/mol. The third-order valence-corrected chi connectivity index (χ3v) is 6.19. The van der Waals surface area contributed by atoms with E-state index in [9.17, 15) is 14.4 Å².